The molecule has 0 radical (unpaired) electrons. The number of hydrogen-bond donors (Lipinski definition) is 0. The smallest absolute Gasteiger partial charge is 0.132 e. The second kappa shape index (κ2) is 7.12. The fraction of sp³-hybridized carbons (Fsp3) is 0.591. The lowest BCUT2D eigenvalue weighted by molar-refractivity contribution is -0.118. The second-order valence-corrected chi connectivity index (χ2v) is 9.07. The largest absolute Gasteiger partial charge is 0.335 e. The van der Waals surface area contributed by atoms with Gasteiger partial charge >= 0.3 is 0 Å². The second-order valence-electron chi connectivity index (χ2n) is 8.32. The molecule has 1 aromatic heterocycles. The van der Waals surface area contributed by atoms with E-state index < -0.39 is 0 Å². The SMILES string of the molecule is CCC(=O)CCCn1c(Br)c2c3c(cccc31)[C@H]1C[C@@H](C)CN(C)[C@@H]1C2. The van der Waals surface area contributed by atoms with Gasteiger partial charge in [0.25, 0.3) is 0 Å². The van der Waals surface area contributed by atoms with Crippen molar-refractivity contribution in [2.75, 3.05) is 13.6 Å². The molecule has 26 heavy (non-hydrogen) atoms. The Morgan fingerprint density at radius 3 is 2.92 bits per heavy atom. The van der Waals surface area contributed by atoms with E-state index in [9.17, 15) is 4.79 Å². The van der Waals surface area contributed by atoms with Crippen LogP contribution in [0.25, 0.3) is 10.9 Å². The summed E-state index contributed by atoms with van der Waals surface area (Å²) in [6, 6.07) is 7.44. The zero-order chi connectivity index (χ0) is 18.4. The van der Waals surface area contributed by atoms with Gasteiger partial charge in [-0.25, -0.2) is 0 Å². The van der Waals surface area contributed by atoms with Crippen molar-refractivity contribution in [1.82, 2.24) is 9.47 Å². The van der Waals surface area contributed by atoms with E-state index in [0.717, 1.165) is 25.3 Å². The number of likely N-dealkylation sites (N-methyl/N-ethyl adjacent to an activating group) is 1. The molecule has 2 aliphatic rings. The Morgan fingerprint density at radius 1 is 1.35 bits per heavy atom. The van der Waals surface area contributed by atoms with E-state index in [0.29, 0.717) is 30.6 Å². The highest BCUT2D eigenvalue weighted by atomic mass is 79.9. The summed E-state index contributed by atoms with van der Waals surface area (Å²) in [5, 5.41) is 1.48. The minimum absolute atomic E-state index is 0.365. The summed E-state index contributed by atoms with van der Waals surface area (Å²) in [7, 11) is 2.29. The molecule has 1 saturated heterocycles. The van der Waals surface area contributed by atoms with Crippen molar-refractivity contribution in [1.29, 1.82) is 0 Å². The Morgan fingerprint density at radius 2 is 2.15 bits per heavy atom. The Hall–Kier alpha value is -1.13. The highest BCUT2D eigenvalue weighted by molar-refractivity contribution is 9.10. The van der Waals surface area contributed by atoms with Gasteiger partial charge in [0.1, 0.15) is 5.78 Å². The van der Waals surface area contributed by atoms with Crippen molar-refractivity contribution in [2.24, 2.45) is 5.92 Å². The quantitative estimate of drug-likeness (QED) is 0.673. The highest BCUT2D eigenvalue weighted by Crippen LogP contribution is 2.47. The van der Waals surface area contributed by atoms with Gasteiger partial charge in [-0.15, -0.1) is 0 Å². The first-order valence-corrected chi connectivity index (χ1v) is 10.8. The zero-order valence-corrected chi connectivity index (χ0v) is 17.7. The third kappa shape index (κ3) is 2.95. The maximum Gasteiger partial charge on any atom is 0.132 e. The van der Waals surface area contributed by atoms with E-state index in [2.05, 4.69) is 57.6 Å². The standard InChI is InChI=1S/C22H29BrN2O/c1-4-15(26)7-6-10-25-19-9-5-8-16-17-11-14(2)13-24(3)20(17)12-18(21(16)19)22(25)23/h5,8-9,14,17,20H,4,6-7,10-13H2,1-3H3/t14-,17-,20-/m1/s1. The number of aryl methyl sites for hydroxylation is 1. The number of aromatic nitrogens is 1. The Kier molecular flexibility index (Phi) is 5.00. The number of piperidine rings is 1. The van der Waals surface area contributed by atoms with Crippen LogP contribution >= 0.6 is 15.9 Å². The number of Topliss-reactive ketones (excluding diaryl/α,β-unsaturated/α-hetero) is 1. The molecule has 0 spiro atoms. The molecule has 0 amide bonds. The van der Waals surface area contributed by atoms with Gasteiger partial charge in [-0.05, 0) is 65.4 Å². The molecular formula is C22H29BrN2O. The van der Waals surface area contributed by atoms with Gasteiger partial charge in [-0.2, -0.15) is 0 Å². The molecule has 0 saturated carbocycles. The summed E-state index contributed by atoms with van der Waals surface area (Å²) in [5.74, 6) is 1.76. The van der Waals surface area contributed by atoms with Crippen molar-refractivity contribution in [3.8, 4) is 0 Å². The number of halogens is 1. The van der Waals surface area contributed by atoms with E-state index in [-0.39, 0.29) is 0 Å². The fourth-order valence-electron chi connectivity index (χ4n) is 5.25. The summed E-state index contributed by atoms with van der Waals surface area (Å²) in [6.07, 6.45) is 4.67. The number of hydrogen-bond acceptors (Lipinski definition) is 2. The maximum absolute atomic E-state index is 11.7. The first kappa shape index (κ1) is 18.2. The van der Waals surface area contributed by atoms with Crippen LogP contribution < -0.4 is 0 Å². The van der Waals surface area contributed by atoms with Crippen LogP contribution in [0.5, 0.6) is 0 Å². The Bertz CT molecular complexity index is 840. The van der Waals surface area contributed by atoms with Crippen LogP contribution in [0.1, 0.15) is 56.6 Å². The van der Waals surface area contributed by atoms with E-state index in [4.69, 9.17) is 0 Å². The molecule has 0 bridgehead atoms. The van der Waals surface area contributed by atoms with Crippen LogP contribution in [0.3, 0.4) is 0 Å². The molecule has 140 valence electrons. The van der Waals surface area contributed by atoms with Gasteiger partial charge in [-0.1, -0.05) is 26.0 Å². The molecule has 1 aliphatic carbocycles. The summed E-state index contributed by atoms with van der Waals surface area (Å²) >= 11 is 3.91. The Labute approximate surface area is 164 Å². The molecule has 1 aliphatic heterocycles. The molecule has 0 N–H and O–H groups in total. The van der Waals surface area contributed by atoms with Crippen LogP contribution in [0.4, 0.5) is 0 Å². The number of rotatable bonds is 5. The first-order chi connectivity index (χ1) is 12.5. The van der Waals surface area contributed by atoms with Gasteiger partial charge in [-0.3, -0.25) is 4.79 Å². The molecule has 2 heterocycles. The van der Waals surface area contributed by atoms with Gasteiger partial charge in [0.05, 0.1) is 4.60 Å². The predicted molar refractivity (Wildman–Crippen MR) is 111 cm³/mol. The molecule has 0 unspecified atom stereocenters. The lowest BCUT2D eigenvalue weighted by atomic mass is 9.73. The normalized spacial score (nSPS) is 25.5. The monoisotopic (exact) mass is 416 g/mol. The van der Waals surface area contributed by atoms with Crippen LogP contribution in [0, 0.1) is 5.92 Å². The number of nitrogens with zero attached hydrogens (tertiary/aromatic N) is 2. The molecule has 1 fully saturated rings. The minimum atomic E-state index is 0.365. The number of likely N-dealkylation sites (tertiary alicyclic amines) is 1. The fourth-order valence-corrected chi connectivity index (χ4v) is 5.98. The number of carbonyl (C=O) groups excluding carboxylic acids is 1. The number of ketones is 1. The van der Waals surface area contributed by atoms with Crippen LogP contribution in [0.15, 0.2) is 22.8 Å². The van der Waals surface area contributed by atoms with Gasteiger partial charge < -0.3 is 9.47 Å². The van der Waals surface area contributed by atoms with Gasteiger partial charge in [0, 0.05) is 48.8 Å². The summed E-state index contributed by atoms with van der Waals surface area (Å²) < 4.78 is 3.63. The predicted octanol–water partition coefficient (Wildman–Crippen LogP) is 5.14. The van der Waals surface area contributed by atoms with Crippen molar-refractivity contribution in [3.63, 3.8) is 0 Å². The van der Waals surface area contributed by atoms with E-state index in [1.165, 1.54) is 39.6 Å². The summed E-state index contributed by atoms with van der Waals surface area (Å²) in [5.41, 5.74) is 4.35. The topological polar surface area (TPSA) is 25.2 Å². The van der Waals surface area contributed by atoms with Gasteiger partial charge in [0.15, 0.2) is 0 Å². The molecule has 3 atom stereocenters. The van der Waals surface area contributed by atoms with E-state index in [1.807, 2.05) is 6.92 Å². The van der Waals surface area contributed by atoms with Crippen molar-refractivity contribution < 1.29 is 4.79 Å². The average molecular weight is 417 g/mol. The lowest BCUT2D eigenvalue weighted by Crippen LogP contribution is -2.47. The third-order valence-corrected chi connectivity index (χ3v) is 7.39. The van der Waals surface area contributed by atoms with Gasteiger partial charge in [0.2, 0.25) is 0 Å². The summed E-state index contributed by atoms with van der Waals surface area (Å²) in [4.78, 5) is 14.3. The van der Waals surface area contributed by atoms with Crippen LogP contribution in [-0.4, -0.2) is 34.9 Å². The number of benzene rings is 1. The lowest BCUT2D eigenvalue weighted by Gasteiger charge is -2.44. The molecule has 3 nitrogen and oxygen atoms in total. The van der Waals surface area contributed by atoms with Crippen molar-refractivity contribution >= 4 is 32.6 Å². The summed E-state index contributed by atoms with van der Waals surface area (Å²) in [6.45, 7) is 6.45. The number of fused-ring (bicyclic) bond motifs is 2. The molecule has 4 heteroatoms. The van der Waals surface area contributed by atoms with E-state index in [1.54, 1.807) is 0 Å². The molecular weight excluding hydrogens is 388 g/mol. The Balaban J connectivity index is 1.73. The first-order valence-electron chi connectivity index (χ1n) is 10.0. The third-order valence-electron chi connectivity index (χ3n) is 6.48. The maximum atomic E-state index is 11.7. The molecule has 2 aromatic rings. The molecule has 1 aromatic carbocycles. The average Bonchev–Trinajstić information content (AvgIpc) is 2.89. The van der Waals surface area contributed by atoms with Crippen LogP contribution in [0.2, 0.25) is 0 Å². The van der Waals surface area contributed by atoms with Crippen molar-refractivity contribution in [2.45, 2.75) is 64.5 Å². The zero-order valence-electron chi connectivity index (χ0n) is 16.1. The van der Waals surface area contributed by atoms with Crippen LogP contribution in [-0.2, 0) is 17.8 Å². The highest BCUT2D eigenvalue weighted by Gasteiger charge is 2.39. The van der Waals surface area contributed by atoms with E-state index >= 15 is 0 Å². The van der Waals surface area contributed by atoms with Crippen molar-refractivity contribution in [3.05, 3.63) is 33.9 Å². The molecule has 4 rings (SSSR count). The minimum Gasteiger partial charge on any atom is -0.335 e. The number of carbonyl (C=O) groups is 1.